The molecule has 280 valence electrons. The van der Waals surface area contributed by atoms with Crippen molar-refractivity contribution in [3.05, 3.63) is 66.2 Å². The normalized spacial score (nSPS) is 18.5. The molecule has 6 heterocycles. The zero-order chi connectivity index (χ0) is 35.3. The van der Waals surface area contributed by atoms with Crippen LogP contribution in [0.2, 0.25) is 8.67 Å². The fourth-order valence-electron chi connectivity index (χ4n) is 6.22. The highest BCUT2D eigenvalue weighted by Crippen LogP contribution is 2.30. The van der Waals surface area contributed by atoms with Gasteiger partial charge in [-0.1, -0.05) is 30.1 Å². The third kappa shape index (κ3) is 13.6. The van der Waals surface area contributed by atoms with Gasteiger partial charge >= 0.3 is 0 Å². The van der Waals surface area contributed by atoms with E-state index in [-0.39, 0.29) is 0 Å². The van der Waals surface area contributed by atoms with Crippen LogP contribution in [0.3, 0.4) is 0 Å². The van der Waals surface area contributed by atoms with Gasteiger partial charge in [0.15, 0.2) is 0 Å². The second kappa shape index (κ2) is 20.3. The summed E-state index contributed by atoms with van der Waals surface area (Å²) in [5, 5.41) is 25.2. The summed E-state index contributed by atoms with van der Waals surface area (Å²) < 4.78 is 12.7. The topological polar surface area (TPSA) is 115 Å². The number of anilines is 2. The molecule has 5 N–H and O–H groups in total. The number of likely N-dealkylation sites (tertiary alicyclic amines) is 1. The van der Waals surface area contributed by atoms with E-state index in [1.807, 2.05) is 18.2 Å². The van der Waals surface area contributed by atoms with E-state index in [1.165, 1.54) is 72.5 Å². The molecule has 4 aromatic heterocycles. The predicted molar refractivity (Wildman–Crippen MR) is 212 cm³/mol. The Balaban J connectivity index is 0.000000151. The number of ether oxygens (including phenoxy) is 2. The van der Waals surface area contributed by atoms with E-state index in [0.717, 1.165) is 85.8 Å². The summed E-state index contributed by atoms with van der Waals surface area (Å²) in [6.07, 6.45) is 12.3. The summed E-state index contributed by atoms with van der Waals surface area (Å²) in [6.45, 7) is 11.1. The van der Waals surface area contributed by atoms with Crippen LogP contribution >= 0.6 is 45.9 Å². The summed E-state index contributed by atoms with van der Waals surface area (Å²) in [6, 6.07) is 12.2. The van der Waals surface area contributed by atoms with Gasteiger partial charge in [0.05, 0.1) is 40.6 Å². The monoisotopic (exact) mass is 776 g/mol. The quantitative estimate of drug-likeness (QED) is 0.0814. The first-order chi connectivity index (χ1) is 25.0. The lowest BCUT2D eigenvalue weighted by atomic mass is 9.93. The van der Waals surface area contributed by atoms with Crippen LogP contribution in [0.1, 0.15) is 97.7 Å². The smallest absolute Gasteiger partial charge is 0.148 e. The molecule has 2 aliphatic heterocycles. The van der Waals surface area contributed by atoms with Crippen molar-refractivity contribution < 1.29 is 9.47 Å². The number of H-pyrrole nitrogens is 2. The molecule has 0 atom stereocenters. The average molecular weight is 778 g/mol. The predicted octanol–water partition coefficient (Wildman–Crippen LogP) is 8.87. The van der Waals surface area contributed by atoms with Crippen molar-refractivity contribution in [2.75, 3.05) is 56.6 Å². The lowest BCUT2D eigenvalue weighted by molar-refractivity contribution is 0.0831. The van der Waals surface area contributed by atoms with Crippen LogP contribution in [0.4, 0.5) is 11.6 Å². The first-order valence-corrected chi connectivity index (χ1v) is 21.1. The molecule has 0 unspecified atom stereocenters. The van der Waals surface area contributed by atoms with Gasteiger partial charge in [0.1, 0.15) is 11.6 Å². The lowest BCUT2D eigenvalue weighted by Crippen LogP contribution is -2.35. The summed E-state index contributed by atoms with van der Waals surface area (Å²) >= 11 is 15.1. The van der Waals surface area contributed by atoms with Crippen molar-refractivity contribution in [2.45, 2.75) is 102 Å². The molecule has 0 radical (unpaired) electrons. The van der Waals surface area contributed by atoms with Crippen LogP contribution in [0, 0.1) is 0 Å². The molecule has 10 nitrogen and oxygen atoms in total. The number of rotatable bonds is 15. The number of hydrogen-bond donors (Lipinski definition) is 5. The fraction of sp³-hybridized carbons (Fsp3) is 0.622. The average Bonchev–Trinajstić information content (AvgIpc) is 3.92. The zero-order valence-corrected chi connectivity index (χ0v) is 32.9. The van der Waals surface area contributed by atoms with Gasteiger partial charge in [-0.25, -0.2) is 0 Å². The van der Waals surface area contributed by atoms with Crippen LogP contribution in [0.25, 0.3) is 0 Å². The van der Waals surface area contributed by atoms with Crippen LogP contribution in [0.5, 0.6) is 0 Å². The van der Waals surface area contributed by atoms with E-state index in [2.05, 4.69) is 66.4 Å². The number of nitrogens with zero attached hydrogens (tertiary/aromatic N) is 3. The van der Waals surface area contributed by atoms with Gasteiger partial charge in [-0.2, -0.15) is 10.2 Å². The van der Waals surface area contributed by atoms with Gasteiger partial charge < -0.3 is 30.3 Å². The molecule has 0 aromatic carbocycles. The highest BCUT2D eigenvalue weighted by Gasteiger charge is 2.25. The van der Waals surface area contributed by atoms with Crippen molar-refractivity contribution in [1.82, 2.24) is 30.6 Å². The summed E-state index contributed by atoms with van der Waals surface area (Å²) in [5.74, 6) is 3.03. The SMILES string of the molecule is CCCOC1CC1.Clc1ccc(CNc2cc(C3CCN(CCOC4CC4)CC3)[nH]n2)s1.Clc1ccc(CNc2cc(C3CCNCC3)[nH]n2)s1. The second-order valence-corrected chi connectivity index (χ2v) is 17.4. The Morgan fingerprint density at radius 3 is 1.71 bits per heavy atom. The number of aromatic amines is 2. The van der Waals surface area contributed by atoms with Gasteiger partial charge in [-0.15, -0.1) is 22.7 Å². The number of thiophene rings is 2. The molecule has 0 bridgehead atoms. The molecule has 2 aliphatic carbocycles. The maximum Gasteiger partial charge on any atom is 0.148 e. The number of hydrogen-bond acceptors (Lipinski definition) is 10. The van der Waals surface area contributed by atoms with Crippen LogP contribution in [-0.2, 0) is 22.6 Å². The van der Waals surface area contributed by atoms with E-state index < -0.39 is 0 Å². The zero-order valence-electron chi connectivity index (χ0n) is 29.7. The summed E-state index contributed by atoms with van der Waals surface area (Å²) in [7, 11) is 0. The van der Waals surface area contributed by atoms with Gasteiger partial charge in [0, 0.05) is 58.3 Å². The van der Waals surface area contributed by atoms with E-state index in [0.29, 0.717) is 24.0 Å². The number of aromatic nitrogens is 4. The molecule has 4 aromatic rings. The van der Waals surface area contributed by atoms with Crippen molar-refractivity contribution in [3.8, 4) is 0 Å². The third-order valence-electron chi connectivity index (χ3n) is 9.51. The number of nitrogens with one attached hydrogen (secondary N) is 5. The number of piperidine rings is 2. The second-order valence-electron chi connectivity index (χ2n) is 13.8. The molecule has 4 fully saturated rings. The molecule has 0 amide bonds. The lowest BCUT2D eigenvalue weighted by Gasteiger charge is -2.31. The van der Waals surface area contributed by atoms with E-state index in [1.54, 1.807) is 22.7 Å². The molecular formula is C37H54Cl2N8O2S2. The van der Waals surface area contributed by atoms with E-state index in [9.17, 15) is 0 Å². The van der Waals surface area contributed by atoms with Gasteiger partial charge in [-0.3, -0.25) is 10.2 Å². The summed E-state index contributed by atoms with van der Waals surface area (Å²) in [5.41, 5.74) is 2.49. The first kappa shape index (κ1) is 38.6. The molecule has 0 spiro atoms. The van der Waals surface area contributed by atoms with E-state index in [4.69, 9.17) is 32.7 Å². The highest BCUT2D eigenvalue weighted by atomic mass is 35.5. The maximum absolute atomic E-state index is 5.97. The van der Waals surface area contributed by atoms with Crippen LogP contribution < -0.4 is 16.0 Å². The molecule has 4 aliphatic rings. The molecular weight excluding hydrogens is 724 g/mol. The van der Waals surface area contributed by atoms with Crippen molar-refractivity contribution in [2.24, 2.45) is 0 Å². The Bertz CT molecular complexity index is 1550. The fourth-order valence-corrected chi connectivity index (χ4v) is 8.28. The largest absolute Gasteiger partial charge is 0.378 e. The Kier molecular flexibility index (Phi) is 15.4. The molecule has 2 saturated carbocycles. The third-order valence-corrected chi connectivity index (χ3v) is 12.0. The van der Waals surface area contributed by atoms with Crippen molar-refractivity contribution >= 4 is 57.5 Å². The van der Waals surface area contributed by atoms with Gasteiger partial charge in [-0.05, 0) is 108 Å². The molecule has 51 heavy (non-hydrogen) atoms. The Morgan fingerprint density at radius 1 is 0.725 bits per heavy atom. The standard InChI is InChI=1S/C18H25ClN4OS.C13H17ClN4S.C6H12O/c19-17-4-3-15(25-17)12-20-18-11-16(21-22-18)13-5-7-23(8-6-13)9-10-24-14-1-2-14;14-12-2-1-10(19-12)8-16-13-7-11(17-18-13)9-3-5-15-6-4-9;1-2-5-7-6-3-4-6/h3-4,11,13-14H,1-2,5-10,12H2,(H2,20,21,22);1-2,7,9,15H,3-6,8H2,(H2,16,17,18);6H,2-5H2,1H3. The van der Waals surface area contributed by atoms with Gasteiger partial charge in [0.2, 0.25) is 0 Å². The van der Waals surface area contributed by atoms with Gasteiger partial charge in [0.25, 0.3) is 0 Å². The van der Waals surface area contributed by atoms with Crippen LogP contribution in [0.15, 0.2) is 36.4 Å². The minimum absolute atomic E-state index is 0.568. The minimum atomic E-state index is 0.568. The van der Waals surface area contributed by atoms with Crippen molar-refractivity contribution in [3.63, 3.8) is 0 Å². The molecule has 2 saturated heterocycles. The maximum atomic E-state index is 5.97. The molecule has 14 heteroatoms. The van der Waals surface area contributed by atoms with E-state index >= 15 is 0 Å². The highest BCUT2D eigenvalue weighted by molar-refractivity contribution is 7.16. The summed E-state index contributed by atoms with van der Waals surface area (Å²) in [4.78, 5) is 4.96. The van der Waals surface area contributed by atoms with Crippen molar-refractivity contribution in [1.29, 1.82) is 0 Å². The minimum Gasteiger partial charge on any atom is -0.378 e. The van der Waals surface area contributed by atoms with Crippen LogP contribution in [-0.4, -0.2) is 83.4 Å². The Labute approximate surface area is 320 Å². The Morgan fingerprint density at radius 2 is 1.24 bits per heavy atom. The first-order valence-electron chi connectivity index (χ1n) is 18.7. The Hall–Kier alpha value is -2.16. The molecule has 8 rings (SSSR count). The number of halogens is 2.